The van der Waals surface area contributed by atoms with Crippen molar-refractivity contribution in [2.24, 2.45) is 5.73 Å². The normalized spacial score (nSPS) is 25.2. The lowest BCUT2D eigenvalue weighted by atomic mass is 9.94. The third kappa shape index (κ3) is 3.69. The molecule has 1 unspecified atom stereocenters. The van der Waals surface area contributed by atoms with Crippen molar-refractivity contribution in [1.82, 2.24) is 5.32 Å². The molecule has 1 atom stereocenters. The first-order valence-electron chi connectivity index (χ1n) is 7.33. The van der Waals surface area contributed by atoms with Gasteiger partial charge in [0.25, 0.3) is 0 Å². The van der Waals surface area contributed by atoms with E-state index in [1.165, 1.54) is 12.8 Å². The molecular formula is C14H26N2O2. The van der Waals surface area contributed by atoms with Crippen LogP contribution in [0.15, 0.2) is 0 Å². The van der Waals surface area contributed by atoms with Crippen molar-refractivity contribution in [3.63, 3.8) is 0 Å². The van der Waals surface area contributed by atoms with Gasteiger partial charge in [-0.2, -0.15) is 0 Å². The largest absolute Gasteiger partial charge is 0.361 e. The van der Waals surface area contributed by atoms with Crippen molar-refractivity contribution < 1.29 is 9.53 Å². The average molecular weight is 254 g/mol. The Hall–Kier alpha value is -0.610. The van der Waals surface area contributed by atoms with E-state index < -0.39 is 0 Å². The monoisotopic (exact) mass is 254 g/mol. The van der Waals surface area contributed by atoms with Crippen LogP contribution in [0.2, 0.25) is 0 Å². The number of carbonyl (C=O) groups excluding carboxylic acids is 1. The minimum Gasteiger partial charge on any atom is -0.361 e. The lowest BCUT2D eigenvalue weighted by Crippen LogP contribution is -2.47. The highest BCUT2D eigenvalue weighted by Crippen LogP contribution is 2.31. The lowest BCUT2D eigenvalue weighted by molar-refractivity contribution is -0.146. The molecule has 104 valence electrons. The van der Waals surface area contributed by atoms with E-state index in [2.05, 4.69) is 5.32 Å². The Kier molecular flexibility index (Phi) is 4.62. The highest BCUT2D eigenvalue weighted by molar-refractivity contribution is 5.80. The van der Waals surface area contributed by atoms with Crippen molar-refractivity contribution in [3.05, 3.63) is 0 Å². The van der Waals surface area contributed by atoms with Gasteiger partial charge in [0.2, 0.25) is 5.91 Å². The third-order valence-electron chi connectivity index (χ3n) is 4.11. The molecule has 3 N–H and O–H groups in total. The summed E-state index contributed by atoms with van der Waals surface area (Å²) in [5.41, 5.74) is 5.65. The molecule has 2 fully saturated rings. The van der Waals surface area contributed by atoms with Gasteiger partial charge in [0.1, 0.15) is 6.10 Å². The van der Waals surface area contributed by atoms with Crippen LogP contribution >= 0.6 is 0 Å². The van der Waals surface area contributed by atoms with Gasteiger partial charge in [0.05, 0.1) is 5.60 Å². The van der Waals surface area contributed by atoms with Gasteiger partial charge >= 0.3 is 0 Å². The first-order valence-corrected chi connectivity index (χ1v) is 7.33. The van der Waals surface area contributed by atoms with Crippen molar-refractivity contribution in [3.8, 4) is 0 Å². The molecule has 2 rings (SSSR count). The molecule has 0 bridgehead atoms. The zero-order valence-corrected chi connectivity index (χ0v) is 11.4. The van der Waals surface area contributed by atoms with Gasteiger partial charge in [-0.1, -0.05) is 25.7 Å². The van der Waals surface area contributed by atoms with Crippen molar-refractivity contribution >= 4 is 5.91 Å². The molecule has 2 saturated carbocycles. The van der Waals surface area contributed by atoms with Crippen LogP contribution in [0.1, 0.15) is 58.3 Å². The van der Waals surface area contributed by atoms with Crippen LogP contribution in [0, 0.1) is 0 Å². The van der Waals surface area contributed by atoms with E-state index in [1.807, 2.05) is 6.92 Å². The van der Waals surface area contributed by atoms with Gasteiger partial charge in [0.15, 0.2) is 0 Å². The Morgan fingerprint density at radius 3 is 2.44 bits per heavy atom. The molecule has 0 aliphatic heterocycles. The molecule has 4 nitrogen and oxygen atoms in total. The fourth-order valence-corrected chi connectivity index (χ4v) is 2.72. The zero-order valence-electron chi connectivity index (χ0n) is 11.4. The van der Waals surface area contributed by atoms with Gasteiger partial charge in [-0.3, -0.25) is 4.79 Å². The Bertz CT molecular complexity index is 282. The van der Waals surface area contributed by atoms with Crippen molar-refractivity contribution in [1.29, 1.82) is 0 Å². The maximum atomic E-state index is 11.9. The summed E-state index contributed by atoms with van der Waals surface area (Å²) < 4.78 is 6.06. The van der Waals surface area contributed by atoms with Crippen LogP contribution in [-0.2, 0) is 9.53 Å². The molecule has 0 aromatic carbocycles. The minimum atomic E-state index is -0.382. The number of nitrogens with one attached hydrogen (secondary N) is 1. The number of ether oxygens (including phenoxy) is 1. The number of hydrogen-bond donors (Lipinski definition) is 2. The topological polar surface area (TPSA) is 64.3 Å². The second-order valence-corrected chi connectivity index (χ2v) is 5.84. The minimum absolute atomic E-state index is 0.0228. The predicted octanol–water partition coefficient (Wildman–Crippen LogP) is 1.72. The molecule has 0 spiro atoms. The predicted molar refractivity (Wildman–Crippen MR) is 71.2 cm³/mol. The summed E-state index contributed by atoms with van der Waals surface area (Å²) in [7, 11) is 0. The number of amides is 1. The first-order chi connectivity index (χ1) is 8.65. The van der Waals surface area contributed by atoms with E-state index in [1.54, 1.807) is 0 Å². The first kappa shape index (κ1) is 13.8. The van der Waals surface area contributed by atoms with Crippen LogP contribution in [-0.4, -0.2) is 30.2 Å². The van der Waals surface area contributed by atoms with E-state index >= 15 is 0 Å². The van der Waals surface area contributed by atoms with E-state index in [0.717, 1.165) is 38.5 Å². The molecule has 0 saturated heterocycles. The number of rotatable bonds is 5. The number of hydrogen-bond acceptors (Lipinski definition) is 3. The van der Waals surface area contributed by atoms with Crippen LogP contribution in [0.25, 0.3) is 0 Å². The molecule has 0 aromatic rings. The standard InChI is InChI=1S/C14H26N2O2/c1-11(13(17)16-12-6-7-12)18-14(10-15)8-4-2-3-5-9-14/h11-12H,2-10,15H2,1H3,(H,16,17). The molecule has 2 aliphatic carbocycles. The second-order valence-electron chi connectivity index (χ2n) is 5.84. The van der Waals surface area contributed by atoms with Crippen molar-refractivity contribution in [2.45, 2.75) is 76.0 Å². The molecular weight excluding hydrogens is 228 g/mol. The molecule has 0 heterocycles. The average Bonchev–Trinajstić information content (AvgIpc) is 3.17. The summed E-state index contributed by atoms with van der Waals surface area (Å²) in [4.78, 5) is 11.9. The summed E-state index contributed by atoms with van der Waals surface area (Å²) in [6.45, 7) is 2.37. The Morgan fingerprint density at radius 1 is 1.33 bits per heavy atom. The van der Waals surface area contributed by atoms with Gasteiger partial charge in [-0.15, -0.1) is 0 Å². The molecule has 4 heteroatoms. The third-order valence-corrected chi connectivity index (χ3v) is 4.11. The maximum Gasteiger partial charge on any atom is 0.249 e. The van der Waals surface area contributed by atoms with E-state index in [4.69, 9.17) is 10.5 Å². The zero-order chi connectivity index (χ0) is 13.0. The Morgan fingerprint density at radius 2 is 1.94 bits per heavy atom. The maximum absolute atomic E-state index is 11.9. The van der Waals surface area contributed by atoms with Crippen molar-refractivity contribution in [2.75, 3.05) is 6.54 Å². The van der Waals surface area contributed by atoms with Crippen LogP contribution in [0.4, 0.5) is 0 Å². The van der Waals surface area contributed by atoms with Gasteiger partial charge in [0, 0.05) is 12.6 Å². The molecule has 2 aliphatic rings. The van der Waals surface area contributed by atoms with Gasteiger partial charge in [-0.05, 0) is 32.6 Å². The fraction of sp³-hybridized carbons (Fsp3) is 0.929. The number of nitrogens with two attached hydrogens (primary N) is 1. The highest BCUT2D eigenvalue weighted by Gasteiger charge is 2.35. The van der Waals surface area contributed by atoms with Gasteiger partial charge in [-0.25, -0.2) is 0 Å². The van der Waals surface area contributed by atoms with E-state index in [0.29, 0.717) is 12.6 Å². The van der Waals surface area contributed by atoms with Crippen LogP contribution < -0.4 is 11.1 Å². The fourth-order valence-electron chi connectivity index (χ4n) is 2.72. The lowest BCUT2D eigenvalue weighted by Gasteiger charge is -2.34. The van der Waals surface area contributed by atoms with Gasteiger partial charge < -0.3 is 15.8 Å². The van der Waals surface area contributed by atoms with E-state index in [-0.39, 0.29) is 17.6 Å². The SMILES string of the molecule is CC(OC1(CN)CCCCCC1)C(=O)NC1CC1. The summed E-state index contributed by atoms with van der Waals surface area (Å²) >= 11 is 0. The molecule has 1 amide bonds. The quantitative estimate of drug-likeness (QED) is 0.734. The summed E-state index contributed by atoms with van der Waals surface area (Å²) in [5.74, 6) is 0.0228. The Labute approximate surface area is 110 Å². The molecule has 0 aromatic heterocycles. The smallest absolute Gasteiger partial charge is 0.249 e. The van der Waals surface area contributed by atoms with E-state index in [9.17, 15) is 4.79 Å². The van der Waals surface area contributed by atoms with Crippen LogP contribution in [0.3, 0.4) is 0 Å². The molecule has 0 radical (unpaired) electrons. The summed E-state index contributed by atoms with van der Waals surface area (Å²) in [6, 6.07) is 0.395. The number of carbonyl (C=O) groups is 1. The van der Waals surface area contributed by atoms with Crippen LogP contribution in [0.5, 0.6) is 0 Å². The molecule has 18 heavy (non-hydrogen) atoms. The summed E-state index contributed by atoms with van der Waals surface area (Å²) in [5, 5.41) is 3.00. The highest BCUT2D eigenvalue weighted by atomic mass is 16.5. The summed E-state index contributed by atoms with van der Waals surface area (Å²) in [6.07, 6.45) is 8.66. The Balaban J connectivity index is 1.88. The second kappa shape index (κ2) is 6.02.